The molecule has 0 bridgehead atoms. The van der Waals surface area contributed by atoms with Crippen molar-refractivity contribution in [3.05, 3.63) is 54.0 Å². The van der Waals surface area contributed by atoms with Crippen LogP contribution in [0.3, 0.4) is 0 Å². The molecule has 1 aromatic carbocycles. The number of pyridine rings is 1. The molecule has 102 valence electrons. The molecule has 0 aliphatic carbocycles. The molecule has 1 unspecified atom stereocenters. The minimum atomic E-state index is 0.0404. The quantitative estimate of drug-likeness (QED) is 0.786. The van der Waals surface area contributed by atoms with Gasteiger partial charge in [-0.05, 0) is 12.6 Å². The van der Waals surface area contributed by atoms with Crippen LogP contribution in [0, 0.1) is 0 Å². The van der Waals surface area contributed by atoms with E-state index in [4.69, 9.17) is 0 Å². The molecule has 2 aromatic heterocycles. The van der Waals surface area contributed by atoms with E-state index in [1.807, 2.05) is 19.3 Å². The van der Waals surface area contributed by atoms with E-state index >= 15 is 0 Å². The molecule has 5 nitrogen and oxygen atoms in total. The molecular weight excluding hydrogens is 250 g/mol. The summed E-state index contributed by atoms with van der Waals surface area (Å²) < 4.78 is 1.80. The molecule has 0 radical (unpaired) electrons. The Morgan fingerprint density at radius 1 is 1.25 bits per heavy atom. The lowest BCUT2D eigenvalue weighted by Crippen LogP contribution is -2.24. The molecule has 0 saturated carbocycles. The number of fused-ring (bicyclic) bond motifs is 1. The Labute approximate surface area is 117 Å². The lowest BCUT2D eigenvalue weighted by molar-refractivity contribution is 0.570. The standard InChI is InChI=1S/C15H17N5/c1-3-16-15(13-10-18-19-20(13)2)12-8-4-6-11-7-5-9-17-14(11)12/h4-10,15-16H,3H2,1-2H3. The monoisotopic (exact) mass is 267 g/mol. The van der Waals surface area contributed by atoms with E-state index in [0.29, 0.717) is 0 Å². The average Bonchev–Trinajstić information content (AvgIpc) is 2.90. The second kappa shape index (κ2) is 5.38. The Bertz CT molecular complexity index is 714. The average molecular weight is 267 g/mol. The van der Waals surface area contributed by atoms with Crippen LogP contribution in [0.2, 0.25) is 0 Å². The van der Waals surface area contributed by atoms with Crippen molar-refractivity contribution in [3.8, 4) is 0 Å². The number of aryl methyl sites for hydroxylation is 1. The second-order valence-corrected chi connectivity index (χ2v) is 4.70. The van der Waals surface area contributed by atoms with Crippen LogP contribution in [-0.4, -0.2) is 26.5 Å². The molecule has 3 aromatic rings. The fourth-order valence-electron chi connectivity index (χ4n) is 2.50. The summed E-state index contributed by atoms with van der Waals surface area (Å²) in [6.45, 7) is 2.95. The maximum absolute atomic E-state index is 4.53. The lowest BCUT2D eigenvalue weighted by Gasteiger charge is -2.19. The van der Waals surface area contributed by atoms with Crippen molar-refractivity contribution >= 4 is 10.9 Å². The van der Waals surface area contributed by atoms with Gasteiger partial charge in [0.1, 0.15) is 0 Å². The SMILES string of the molecule is CCNC(c1cccc2cccnc12)c1cnnn1C. The van der Waals surface area contributed by atoms with Gasteiger partial charge in [0.25, 0.3) is 0 Å². The van der Waals surface area contributed by atoms with Crippen molar-refractivity contribution in [1.29, 1.82) is 0 Å². The number of aromatic nitrogens is 4. The van der Waals surface area contributed by atoms with Crippen molar-refractivity contribution in [2.75, 3.05) is 6.54 Å². The molecule has 5 heteroatoms. The van der Waals surface area contributed by atoms with Crippen molar-refractivity contribution < 1.29 is 0 Å². The van der Waals surface area contributed by atoms with Crippen LogP contribution in [0.1, 0.15) is 24.2 Å². The number of hydrogen-bond acceptors (Lipinski definition) is 4. The van der Waals surface area contributed by atoms with Gasteiger partial charge in [-0.2, -0.15) is 0 Å². The topological polar surface area (TPSA) is 55.6 Å². The van der Waals surface area contributed by atoms with Crippen LogP contribution in [0.5, 0.6) is 0 Å². The summed E-state index contributed by atoms with van der Waals surface area (Å²) in [6.07, 6.45) is 3.63. The molecule has 1 atom stereocenters. The summed E-state index contributed by atoms with van der Waals surface area (Å²) in [7, 11) is 1.91. The number of rotatable bonds is 4. The van der Waals surface area contributed by atoms with Crippen molar-refractivity contribution in [2.24, 2.45) is 7.05 Å². The number of nitrogens with one attached hydrogen (secondary N) is 1. The third kappa shape index (κ3) is 2.16. The first-order valence-corrected chi connectivity index (χ1v) is 6.73. The predicted octanol–water partition coefficient (Wildman–Crippen LogP) is 2.06. The van der Waals surface area contributed by atoms with Gasteiger partial charge in [-0.3, -0.25) is 9.67 Å². The predicted molar refractivity (Wildman–Crippen MR) is 78.3 cm³/mol. The molecule has 1 N–H and O–H groups in total. The summed E-state index contributed by atoms with van der Waals surface area (Å²) in [6, 6.07) is 10.3. The highest BCUT2D eigenvalue weighted by Gasteiger charge is 2.19. The number of benzene rings is 1. The normalized spacial score (nSPS) is 12.7. The van der Waals surface area contributed by atoms with Gasteiger partial charge in [0.15, 0.2) is 0 Å². The number of para-hydroxylation sites is 1. The summed E-state index contributed by atoms with van der Waals surface area (Å²) in [4.78, 5) is 4.53. The minimum absolute atomic E-state index is 0.0404. The van der Waals surface area contributed by atoms with Gasteiger partial charge in [0.2, 0.25) is 0 Å². The third-order valence-electron chi connectivity index (χ3n) is 3.43. The second-order valence-electron chi connectivity index (χ2n) is 4.70. The van der Waals surface area contributed by atoms with E-state index in [-0.39, 0.29) is 6.04 Å². The number of hydrogen-bond donors (Lipinski definition) is 1. The Kier molecular flexibility index (Phi) is 3.43. The van der Waals surface area contributed by atoms with E-state index in [2.05, 4.69) is 51.8 Å². The van der Waals surface area contributed by atoms with E-state index in [9.17, 15) is 0 Å². The van der Waals surface area contributed by atoms with E-state index in [0.717, 1.165) is 28.7 Å². The van der Waals surface area contributed by atoms with Gasteiger partial charge >= 0.3 is 0 Å². The van der Waals surface area contributed by atoms with E-state index in [1.165, 1.54) is 0 Å². The molecule has 0 spiro atoms. The molecule has 2 heterocycles. The molecule has 0 amide bonds. The Morgan fingerprint density at radius 2 is 2.10 bits per heavy atom. The molecule has 0 saturated heterocycles. The first-order valence-electron chi connectivity index (χ1n) is 6.73. The fraction of sp³-hybridized carbons (Fsp3) is 0.267. The van der Waals surface area contributed by atoms with Gasteiger partial charge in [-0.15, -0.1) is 5.10 Å². The van der Waals surface area contributed by atoms with Crippen LogP contribution >= 0.6 is 0 Å². The zero-order valence-corrected chi connectivity index (χ0v) is 11.6. The highest BCUT2D eigenvalue weighted by atomic mass is 15.4. The van der Waals surface area contributed by atoms with Crippen molar-refractivity contribution in [2.45, 2.75) is 13.0 Å². The molecule has 3 rings (SSSR count). The first-order chi connectivity index (χ1) is 9.81. The van der Waals surface area contributed by atoms with Crippen LogP contribution in [0.25, 0.3) is 10.9 Å². The zero-order chi connectivity index (χ0) is 13.9. The summed E-state index contributed by atoms with van der Waals surface area (Å²) in [5, 5.41) is 12.6. The highest BCUT2D eigenvalue weighted by molar-refractivity contribution is 5.82. The van der Waals surface area contributed by atoms with Crippen LogP contribution in [0.15, 0.2) is 42.7 Å². The third-order valence-corrected chi connectivity index (χ3v) is 3.43. The van der Waals surface area contributed by atoms with E-state index < -0.39 is 0 Å². The molecule has 0 fully saturated rings. The Balaban J connectivity index is 2.17. The lowest BCUT2D eigenvalue weighted by atomic mass is 10.0. The smallest absolute Gasteiger partial charge is 0.0799 e. The number of nitrogens with zero attached hydrogens (tertiary/aromatic N) is 4. The van der Waals surface area contributed by atoms with Crippen molar-refractivity contribution in [1.82, 2.24) is 25.3 Å². The highest BCUT2D eigenvalue weighted by Crippen LogP contribution is 2.26. The maximum atomic E-state index is 4.53. The fourth-order valence-corrected chi connectivity index (χ4v) is 2.50. The maximum Gasteiger partial charge on any atom is 0.0799 e. The van der Waals surface area contributed by atoms with Crippen molar-refractivity contribution in [3.63, 3.8) is 0 Å². The minimum Gasteiger partial charge on any atom is -0.305 e. The Hall–Kier alpha value is -2.27. The largest absolute Gasteiger partial charge is 0.305 e. The molecular formula is C15H17N5. The van der Waals surface area contributed by atoms with Crippen LogP contribution < -0.4 is 5.32 Å². The van der Waals surface area contributed by atoms with Gasteiger partial charge < -0.3 is 5.32 Å². The molecule has 0 aliphatic rings. The van der Waals surface area contributed by atoms with Gasteiger partial charge in [-0.1, -0.05) is 36.4 Å². The zero-order valence-electron chi connectivity index (χ0n) is 11.6. The molecule has 0 aliphatic heterocycles. The van der Waals surface area contributed by atoms with Gasteiger partial charge in [0, 0.05) is 24.2 Å². The van der Waals surface area contributed by atoms with E-state index in [1.54, 1.807) is 10.9 Å². The van der Waals surface area contributed by atoms with Crippen LogP contribution in [-0.2, 0) is 7.05 Å². The summed E-state index contributed by atoms with van der Waals surface area (Å²) >= 11 is 0. The summed E-state index contributed by atoms with van der Waals surface area (Å²) in [5.41, 5.74) is 3.20. The first kappa shape index (κ1) is 12.7. The van der Waals surface area contributed by atoms with Crippen LogP contribution in [0.4, 0.5) is 0 Å². The van der Waals surface area contributed by atoms with Gasteiger partial charge in [-0.25, -0.2) is 0 Å². The Morgan fingerprint density at radius 3 is 2.85 bits per heavy atom. The summed E-state index contributed by atoms with van der Waals surface area (Å²) in [5.74, 6) is 0. The molecule has 20 heavy (non-hydrogen) atoms. The van der Waals surface area contributed by atoms with Gasteiger partial charge in [0.05, 0.1) is 23.4 Å².